The van der Waals surface area contributed by atoms with Crippen LogP contribution in [0.2, 0.25) is 0 Å². The van der Waals surface area contributed by atoms with Gasteiger partial charge in [-0.3, -0.25) is 9.59 Å². The lowest BCUT2D eigenvalue weighted by Gasteiger charge is -2.25. The van der Waals surface area contributed by atoms with Gasteiger partial charge in [0.05, 0.1) is 13.2 Å². The molecule has 2 aromatic carbocycles. The number of nitrogens with one attached hydrogen (secondary N) is 2. The minimum Gasteiger partial charge on any atom is -0.497 e. The van der Waals surface area contributed by atoms with Crippen molar-refractivity contribution in [3.63, 3.8) is 0 Å². The molecule has 1 atom stereocenters. The molecule has 2 rings (SSSR count). The maximum Gasteiger partial charge on any atom is 0.251 e. The van der Waals surface area contributed by atoms with Crippen LogP contribution in [-0.4, -0.2) is 44.5 Å². The summed E-state index contributed by atoms with van der Waals surface area (Å²) in [7, 11) is 5.58. The molecule has 2 aromatic rings. The number of carbonyl (C=O) groups is 2. The summed E-state index contributed by atoms with van der Waals surface area (Å²) in [6, 6.07) is 14.8. The first-order chi connectivity index (χ1) is 13.6. The number of benzene rings is 2. The number of ether oxygens (including phenoxy) is 1. The van der Waals surface area contributed by atoms with E-state index < -0.39 is 5.41 Å². The van der Waals surface area contributed by atoms with Gasteiger partial charge >= 0.3 is 0 Å². The third kappa shape index (κ3) is 6.32. The van der Waals surface area contributed by atoms with E-state index in [0.29, 0.717) is 17.8 Å². The van der Waals surface area contributed by atoms with E-state index >= 15 is 0 Å². The molecule has 2 amide bonds. The van der Waals surface area contributed by atoms with Gasteiger partial charge in [-0.05, 0) is 50.0 Å². The molecule has 0 radical (unpaired) electrons. The lowest BCUT2D eigenvalue weighted by Crippen LogP contribution is -2.34. The van der Waals surface area contributed by atoms with Gasteiger partial charge < -0.3 is 20.3 Å². The van der Waals surface area contributed by atoms with Crippen molar-refractivity contribution in [2.24, 2.45) is 5.41 Å². The Bertz CT molecular complexity index is 856. The summed E-state index contributed by atoms with van der Waals surface area (Å²) in [6.45, 7) is 5.98. The lowest BCUT2D eigenvalue weighted by molar-refractivity contribution is -0.123. The standard InChI is InChI=1S/C23H31N3O3/c1-23(2,3)22(28)25-18-11-7-10-17(13-18)21(27)24-15-20(26(4)5)16-9-8-12-19(14-16)29-6/h7-14,20H,15H2,1-6H3,(H,24,27)(H,25,28). The van der Waals surface area contributed by atoms with Crippen LogP contribution in [0.3, 0.4) is 0 Å². The summed E-state index contributed by atoms with van der Waals surface area (Å²) in [5, 5.41) is 5.85. The highest BCUT2D eigenvalue weighted by Crippen LogP contribution is 2.22. The molecule has 6 heteroatoms. The van der Waals surface area contributed by atoms with Gasteiger partial charge in [-0.15, -0.1) is 0 Å². The van der Waals surface area contributed by atoms with E-state index in [1.807, 2.05) is 59.1 Å². The van der Waals surface area contributed by atoms with E-state index in [-0.39, 0.29) is 17.9 Å². The first-order valence-electron chi connectivity index (χ1n) is 9.62. The zero-order valence-corrected chi connectivity index (χ0v) is 18.1. The highest BCUT2D eigenvalue weighted by molar-refractivity contribution is 5.98. The van der Waals surface area contributed by atoms with Crippen LogP contribution in [0.15, 0.2) is 48.5 Å². The first kappa shape index (κ1) is 22.4. The van der Waals surface area contributed by atoms with Crippen molar-refractivity contribution in [2.75, 3.05) is 33.1 Å². The van der Waals surface area contributed by atoms with Gasteiger partial charge in [0.15, 0.2) is 0 Å². The summed E-state index contributed by atoms with van der Waals surface area (Å²) < 4.78 is 5.31. The largest absolute Gasteiger partial charge is 0.497 e. The van der Waals surface area contributed by atoms with Crippen LogP contribution in [-0.2, 0) is 4.79 Å². The number of carbonyl (C=O) groups excluding carboxylic acids is 2. The van der Waals surface area contributed by atoms with E-state index in [4.69, 9.17) is 4.74 Å². The monoisotopic (exact) mass is 397 g/mol. The molecule has 0 heterocycles. The summed E-state index contributed by atoms with van der Waals surface area (Å²) >= 11 is 0. The van der Waals surface area contributed by atoms with Gasteiger partial charge in [-0.25, -0.2) is 0 Å². The van der Waals surface area contributed by atoms with Crippen molar-refractivity contribution >= 4 is 17.5 Å². The average Bonchev–Trinajstić information content (AvgIpc) is 2.67. The number of anilines is 1. The Hall–Kier alpha value is -2.86. The second-order valence-electron chi connectivity index (χ2n) is 8.25. The number of rotatable bonds is 7. The average molecular weight is 398 g/mol. The molecule has 0 spiro atoms. The van der Waals surface area contributed by atoms with Crippen LogP contribution in [0.1, 0.15) is 42.7 Å². The number of methoxy groups -OCH3 is 1. The number of hydrogen-bond donors (Lipinski definition) is 2. The minimum absolute atomic E-state index is 0.00201. The minimum atomic E-state index is -0.506. The number of likely N-dealkylation sites (N-methyl/N-ethyl adjacent to an activating group) is 1. The van der Waals surface area contributed by atoms with E-state index in [0.717, 1.165) is 11.3 Å². The van der Waals surface area contributed by atoms with Crippen molar-refractivity contribution in [2.45, 2.75) is 26.8 Å². The van der Waals surface area contributed by atoms with Crippen LogP contribution < -0.4 is 15.4 Å². The summed E-state index contributed by atoms with van der Waals surface area (Å²) in [6.07, 6.45) is 0. The van der Waals surface area contributed by atoms with Crippen LogP contribution >= 0.6 is 0 Å². The molecule has 156 valence electrons. The molecular weight excluding hydrogens is 366 g/mol. The highest BCUT2D eigenvalue weighted by Gasteiger charge is 2.21. The summed E-state index contributed by atoms with van der Waals surface area (Å²) in [5.74, 6) is 0.496. The fraction of sp³-hybridized carbons (Fsp3) is 0.391. The lowest BCUT2D eigenvalue weighted by atomic mass is 9.95. The SMILES string of the molecule is COc1cccc(C(CNC(=O)c2cccc(NC(=O)C(C)(C)C)c2)N(C)C)c1. The zero-order valence-electron chi connectivity index (χ0n) is 18.1. The first-order valence-corrected chi connectivity index (χ1v) is 9.62. The Morgan fingerprint density at radius 3 is 2.38 bits per heavy atom. The Morgan fingerprint density at radius 2 is 1.76 bits per heavy atom. The second-order valence-corrected chi connectivity index (χ2v) is 8.25. The third-order valence-electron chi connectivity index (χ3n) is 4.62. The van der Waals surface area contributed by atoms with Crippen molar-refractivity contribution < 1.29 is 14.3 Å². The Balaban J connectivity index is 2.08. The van der Waals surface area contributed by atoms with Crippen LogP contribution in [0.4, 0.5) is 5.69 Å². The van der Waals surface area contributed by atoms with E-state index in [2.05, 4.69) is 15.5 Å². The molecular formula is C23H31N3O3. The number of amides is 2. The molecule has 6 nitrogen and oxygen atoms in total. The molecule has 0 fully saturated rings. The molecule has 2 N–H and O–H groups in total. The number of nitrogens with zero attached hydrogens (tertiary/aromatic N) is 1. The van der Waals surface area contributed by atoms with Crippen molar-refractivity contribution in [1.82, 2.24) is 10.2 Å². The quantitative estimate of drug-likeness (QED) is 0.747. The second kappa shape index (κ2) is 9.56. The fourth-order valence-corrected chi connectivity index (χ4v) is 2.80. The van der Waals surface area contributed by atoms with Crippen LogP contribution in [0, 0.1) is 5.41 Å². The molecule has 0 bridgehead atoms. The van der Waals surface area contributed by atoms with E-state index in [1.165, 1.54) is 0 Å². The van der Waals surface area contributed by atoms with Gasteiger partial charge in [0.25, 0.3) is 5.91 Å². The summed E-state index contributed by atoms with van der Waals surface area (Å²) in [4.78, 5) is 26.9. The Morgan fingerprint density at radius 1 is 1.07 bits per heavy atom. The van der Waals surface area contributed by atoms with Crippen molar-refractivity contribution in [3.8, 4) is 5.75 Å². The predicted molar refractivity (Wildman–Crippen MR) is 116 cm³/mol. The van der Waals surface area contributed by atoms with Gasteiger partial charge in [-0.2, -0.15) is 0 Å². The Kier molecular flexibility index (Phi) is 7.40. The Labute approximate surface area is 173 Å². The van der Waals surface area contributed by atoms with Crippen molar-refractivity contribution in [3.05, 3.63) is 59.7 Å². The van der Waals surface area contributed by atoms with Gasteiger partial charge in [0.1, 0.15) is 5.75 Å². The molecule has 0 aliphatic carbocycles. The van der Waals surface area contributed by atoms with Crippen LogP contribution in [0.5, 0.6) is 5.75 Å². The molecule has 0 saturated carbocycles. The fourth-order valence-electron chi connectivity index (χ4n) is 2.80. The van der Waals surface area contributed by atoms with Gasteiger partial charge in [0, 0.05) is 23.2 Å². The van der Waals surface area contributed by atoms with Crippen molar-refractivity contribution in [1.29, 1.82) is 0 Å². The molecule has 1 unspecified atom stereocenters. The van der Waals surface area contributed by atoms with Gasteiger partial charge in [-0.1, -0.05) is 39.0 Å². The molecule has 0 aliphatic heterocycles. The summed E-state index contributed by atoms with van der Waals surface area (Å²) in [5.41, 5.74) is 1.66. The topological polar surface area (TPSA) is 70.7 Å². The number of hydrogen-bond acceptors (Lipinski definition) is 4. The molecule has 0 aromatic heterocycles. The molecule has 0 saturated heterocycles. The zero-order chi connectivity index (χ0) is 21.6. The van der Waals surface area contributed by atoms with Gasteiger partial charge in [0.2, 0.25) is 5.91 Å². The van der Waals surface area contributed by atoms with E-state index in [1.54, 1.807) is 31.4 Å². The maximum atomic E-state index is 12.7. The molecule has 0 aliphatic rings. The normalized spacial score (nSPS) is 12.4. The third-order valence-corrected chi connectivity index (χ3v) is 4.62. The van der Waals surface area contributed by atoms with E-state index in [9.17, 15) is 9.59 Å². The maximum absolute atomic E-state index is 12.7. The van der Waals surface area contributed by atoms with Crippen LogP contribution in [0.25, 0.3) is 0 Å². The molecule has 29 heavy (non-hydrogen) atoms. The highest BCUT2D eigenvalue weighted by atomic mass is 16.5. The smallest absolute Gasteiger partial charge is 0.251 e. The predicted octanol–water partition coefficient (Wildman–Crippen LogP) is 3.71.